The van der Waals surface area contributed by atoms with Crippen LogP contribution in [0, 0.1) is 5.41 Å². The van der Waals surface area contributed by atoms with Gasteiger partial charge in [-0.3, -0.25) is 9.38 Å². The third-order valence-electron chi connectivity index (χ3n) is 6.62. The van der Waals surface area contributed by atoms with E-state index in [0.717, 1.165) is 5.56 Å². The Morgan fingerprint density at radius 3 is 2.77 bits per heavy atom. The molecule has 1 unspecified atom stereocenters. The third-order valence-corrected chi connectivity index (χ3v) is 6.62. The number of aromatic nitrogens is 4. The molecular weight excluding hydrogens is 399 g/mol. The van der Waals surface area contributed by atoms with Crippen molar-refractivity contribution in [3.63, 3.8) is 0 Å². The third kappa shape index (κ3) is 3.92. The van der Waals surface area contributed by atoms with Gasteiger partial charge in [0.1, 0.15) is 18.3 Å². The second-order valence-corrected chi connectivity index (χ2v) is 8.71. The van der Waals surface area contributed by atoms with Crippen LogP contribution >= 0.6 is 0 Å². The number of nitrogens with zero attached hydrogens (tertiary/aromatic N) is 5. The molecule has 2 fully saturated rings. The lowest BCUT2D eigenvalue weighted by Gasteiger charge is -2.44. The second-order valence-electron chi connectivity index (χ2n) is 8.71. The number of alkyl halides is 1. The number of carboxylic acid groups (broad SMARTS) is 1. The van der Waals surface area contributed by atoms with Crippen LogP contribution in [0.2, 0.25) is 0 Å². The van der Waals surface area contributed by atoms with Gasteiger partial charge in [-0.15, -0.1) is 10.2 Å². The number of likely N-dealkylation sites (tertiary alicyclic amines) is 1. The molecule has 162 valence electrons. The molecule has 3 aromatic rings. The summed E-state index contributed by atoms with van der Waals surface area (Å²) in [6.45, 7) is 0.546. The van der Waals surface area contributed by atoms with Crippen molar-refractivity contribution in [3.8, 4) is 0 Å². The quantitative estimate of drug-likeness (QED) is 0.630. The fourth-order valence-electron chi connectivity index (χ4n) is 4.51. The molecule has 1 saturated heterocycles. The zero-order chi connectivity index (χ0) is 21.4. The Morgan fingerprint density at radius 1 is 1.26 bits per heavy atom. The van der Waals surface area contributed by atoms with Crippen molar-refractivity contribution in [1.29, 1.82) is 0 Å². The van der Waals surface area contributed by atoms with Gasteiger partial charge in [0.2, 0.25) is 0 Å². The van der Waals surface area contributed by atoms with E-state index < -0.39 is 17.7 Å². The van der Waals surface area contributed by atoms with Crippen LogP contribution in [-0.4, -0.2) is 61.5 Å². The molecule has 1 saturated carbocycles. The maximum absolute atomic E-state index is 15.6. The summed E-state index contributed by atoms with van der Waals surface area (Å²) in [7, 11) is 0. The number of carbonyl (C=O) groups is 1. The van der Waals surface area contributed by atoms with E-state index in [0.29, 0.717) is 43.3 Å². The van der Waals surface area contributed by atoms with E-state index in [1.807, 2.05) is 0 Å². The molecule has 31 heavy (non-hydrogen) atoms. The summed E-state index contributed by atoms with van der Waals surface area (Å²) in [5.74, 6) is 1.35. The van der Waals surface area contributed by atoms with E-state index in [1.54, 1.807) is 23.1 Å². The lowest BCUT2D eigenvalue weighted by atomic mass is 9.72. The lowest BCUT2D eigenvalue weighted by molar-refractivity contribution is 0.0191. The minimum absolute atomic E-state index is 0.119. The molecule has 9 heteroatoms. The summed E-state index contributed by atoms with van der Waals surface area (Å²) in [5.41, 5.74) is 2.28. The lowest BCUT2D eigenvalue weighted by Crippen LogP contribution is -2.54. The molecule has 1 aliphatic heterocycles. The van der Waals surface area contributed by atoms with Crippen molar-refractivity contribution in [2.75, 3.05) is 25.0 Å². The Balaban J connectivity index is 1.39. The first-order valence-electron chi connectivity index (χ1n) is 10.6. The van der Waals surface area contributed by atoms with Crippen molar-refractivity contribution in [2.24, 2.45) is 5.41 Å². The summed E-state index contributed by atoms with van der Waals surface area (Å²) in [5, 5.41) is 20.6. The highest BCUT2D eigenvalue weighted by atomic mass is 19.1. The van der Waals surface area contributed by atoms with Crippen molar-refractivity contribution in [1.82, 2.24) is 24.5 Å². The average Bonchev–Trinajstić information content (AvgIpc) is 3.51. The molecule has 8 nitrogen and oxygen atoms in total. The Hall–Kier alpha value is -3.23. The van der Waals surface area contributed by atoms with E-state index >= 15 is 4.39 Å². The van der Waals surface area contributed by atoms with Gasteiger partial charge in [0.15, 0.2) is 5.65 Å². The van der Waals surface area contributed by atoms with E-state index in [4.69, 9.17) is 0 Å². The number of hydrogen-bond acceptors (Lipinski definition) is 5. The van der Waals surface area contributed by atoms with Gasteiger partial charge in [0, 0.05) is 18.5 Å². The summed E-state index contributed by atoms with van der Waals surface area (Å²) < 4.78 is 17.3. The topological polar surface area (TPSA) is 95.7 Å². The zero-order valence-electron chi connectivity index (χ0n) is 17.1. The molecule has 1 aliphatic carbocycles. The fourth-order valence-corrected chi connectivity index (χ4v) is 4.51. The van der Waals surface area contributed by atoms with Gasteiger partial charge in [0.25, 0.3) is 0 Å². The number of anilines is 1. The highest BCUT2D eigenvalue weighted by Gasteiger charge is 2.45. The molecule has 0 bridgehead atoms. The smallest absolute Gasteiger partial charge is 0.407 e. The van der Waals surface area contributed by atoms with E-state index in [1.165, 1.54) is 23.3 Å². The van der Waals surface area contributed by atoms with E-state index in [2.05, 4.69) is 44.8 Å². The van der Waals surface area contributed by atoms with Crippen LogP contribution < -0.4 is 5.32 Å². The zero-order valence-corrected chi connectivity index (χ0v) is 17.1. The second kappa shape index (κ2) is 7.79. The SMILES string of the molecule is O=C(O)N1CCC(CNc2cncc3nncn23)(Cc2ccc(C3CC3)cc2)[C@H](F)C1. The van der Waals surface area contributed by atoms with Crippen molar-refractivity contribution in [2.45, 2.75) is 37.8 Å². The first kappa shape index (κ1) is 19.7. The normalized spacial score (nSPS) is 23.8. The van der Waals surface area contributed by atoms with Crippen LogP contribution in [0.4, 0.5) is 15.0 Å². The molecule has 2 N–H and O–H groups in total. The van der Waals surface area contributed by atoms with Crippen molar-refractivity contribution < 1.29 is 14.3 Å². The Kier molecular flexibility index (Phi) is 4.95. The average molecular weight is 424 g/mol. The molecule has 0 spiro atoms. The number of amides is 1. The molecule has 1 amide bonds. The van der Waals surface area contributed by atoms with Crippen molar-refractivity contribution in [3.05, 3.63) is 54.1 Å². The number of hydrogen-bond donors (Lipinski definition) is 2. The van der Waals surface area contributed by atoms with Gasteiger partial charge in [-0.05, 0) is 42.7 Å². The molecule has 0 radical (unpaired) electrons. The Bertz CT molecular complexity index is 1080. The minimum atomic E-state index is -1.29. The van der Waals surface area contributed by atoms with Gasteiger partial charge in [-0.2, -0.15) is 0 Å². The maximum Gasteiger partial charge on any atom is 0.407 e. The molecule has 3 heterocycles. The fraction of sp³-hybridized carbons (Fsp3) is 0.455. The molecule has 1 aromatic carbocycles. The highest BCUT2D eigenvalue weighted by molar-refractivity contribution is 5.65. The first-order valence-corrected chi connectivity index (χ1v) is 10.6. The maximum atomic E-state index is 15.6. The van der Waals surface area contributed by atoms with E-state index in [9.17, 15) is 9.90 Å². The van der Waals surface area contributed by atoms with Crippen LogP contribution in [0.1, 0.15) is 36.3 Å². The summed E-state index contributed by atoms with van der Waals surface area (Å²) in [6, 6.07) is 8.48. The van der Waals surface area contributed by atoms with Crippen molar-refractivity contribution >= 4 is 17.6 Å². The molecule has 2 atom stereocenters. The first-order chi connectivity index (χ1) is 15.0. The van der Waals surface area contributed by atoms with Crippen LogP contribution in [0.15, 0.2) is 43.0 Å². The van der Waals surface area contributed by atoms with Gasteiger partial charge in [-0.25, -0.2) is 9.18 Å². The number of nitrogens with one attached hydrogen (secondary N) is 1. The Labute approximate surface area is 179 Å². The molecule has 2 aromatic heterocycles. The van der Waals surface area contributed by atoms with Gasteiger partial charge < -0.3 is 15.3 Å². The minimum Gasteiger partial charge on any atom is -0.465 e. The number of piperidine rings is 1. The summed E-state index contributed by atoms with van der Waals surface area (Å²) in [4.78, 5) is 16.7. The summed E-state index contributed by atoms with van der Waals surface area (Å²) in [6.07, 6.45) is 5.95. The highest BCUT2D eigenvalue weighted by Crippen LogP contribution is 2.41. The number of benzene rings is 1. The monoisotopic (exact) mass is 424 g/mol. The molecule has 2 aliphatic rings. The van der Waals surface area contributed by atoms with Crippen LogP contribution in [0.3, 0.4) is 0 Å². The number of rotatable bonds is 6. The number of fused-ring (bicyclic) bond motifs is 1. The predicted molar refractivity (Wildman–Crippen MR) is 113 cm³/mol. The number of halogens is 1. The largest absolute Gasteiger partial charge is 0.465 e. The van der Waals surface area contributed by atoms with Crippen LogP contribution in [-0.2, 0) is 6.42 Å². The molecule has 5 rings (SSSR count). The standard InChI is InChI=1S/C22H25FN6O2/c23-18-12-28(21(30)31)8-7-22(18,9-15-1-3-16(4-2-15)17-5-6-17)13-25-19-10-24-11-20-27-26-14-29(19)20/h1-4,10-11,14,17-18,25H,5-9,12-13H2,(H,30,31)/t18-,22?/m1/s1. The van der Waals surface area contributed by atoms with Gasteiger partial charge >= 0.3 is 6.09 Å². The molecular formula is C22H25FN6O2. The van der Waals surface area contributed by atoms with Crippen LogP contribution in [0.5, 0.6) is 0 Å². The van der Waals surface area contributed by atoms with E-state index in [-0.39, 0.29) is 6.54 Å². The predicted octanol–water partition coefficient (Wildman–Crippen LogP) is 3.36. The Morgan fingerprint density at radius 2 is 2.06 bits per heavy atom. The van der Waals surface area contributed by atoms with Gasteiger partial charge in [0.05, 0.1) is 18.9 Å². The van der Waals surface area contributed by atoms with Gasteiger partial charge in [-0.1, -0.05) is 24.3 Å². The summed E-state index contributed by atoms with van der Waals surface area (Å²) >= 11 is 0. The van der Waals surface area contributed by atoms with Crippen LogP contribution in [0.25, 0.3) is 5.65 Å².